The average Bonchev–Trinajstić information content (AvgIpc) is 1.57. The molecule has 0 aliphatic heterocycles. The van der Waals surface area contributed by atoms with E-state index in [0.29, 0.717) is 16.7 Å². The van der Waals surface area contributed by atoms with E-state index in [1.54, 1.807) is 0 Å². The molecule has 0 aliphatic carbocycles. The van der Waals surface area contributed by atoms with Gasteiger partial charge in [0.1, 0.15) is 17.5 Å². The minimum Gasteiger partial charge on any atom is -0.307 e. The lowest BCUT2D eigenvalue weighted by molar-refractivity contribution is 0.590. The molecule has 0 radical (unpaired) electrons. The van der Waals surface area contributed by atoms with Crippen molar-refractivity contribution in [1.82, 2.24) is 42.4 Å². The second kappa shape index (κ2) is 33.8. The van der Waals surface area contributed by atoms with Crippen LogP contribution >= 0.6 is 0 Å². The van der Waals surface area contributed by atoms with Crippen LogP contribution in [0, 0.1) is 61.7 Å². The molecule has 15 aromatic carbocycles. The zero-order valence-corrected chi connectivity index (χ0v) is 81.9. The molecule has 0 amide bonds. The van der Waals surface area contributed by atoms with E-state index in [2.05, 4.69) is 435 Å². The summed E-state index contributed by atoms with van der Waals surface area (Å²) in [6.45, 7) is 35.6. The van der Waals surface area contributed by atoms with Crippen LogP contribution in [0.3, 0.4) is 0 Å². The van der Waals surface area contributed by atoms with E-state index in [9.17, 15) is 15.8 Å². The predicted octanol–water partition coefficient (Wildman–Crippen LogP) is 32.9. The van der Waals surface area contributed by atoms with Crippen LogP contribution in [0.2, 0.25) is 0 Å². The molecule has 0 aliphatic rings. The van der Waals surface area contributed by atoms with Gasteiger partial charge in [0.25, 0.3) is 0 Å². The third-order valence-corrected chi connectivity index (χ3v) is 28.2. The first kappa shape index (κ1) is 88.3. The molecule has 0 fully saturated rings. The predicted molar refractivity (Wildman–Crippen MR) is 583 cm³/mol. The van der Waals surface area contributed by atoms with E-state index < -0.39 is 0 Å². The summed E-state index contributed by atoms with van der Waals surface area (Å²) in [4.78, 5) is 15.7. The number of nitriles is 3. The molecule has 678 valence electrons. The number of aryl methyl sites for hydroxylation is 4. The Labute approximate surface area is 815 Å². The summed E-state index contributed by atoms with van der Waals surface area (Å²) in [6.07, 6.45) is 6.04. The molecular formula is C128H106N12. The summed E-state index contributed by atoms with van der Waals surface area (Å²) in [6, 6.07) is 126. The van der Waals surface area contributed by atoms with E-state index >= 15 is 0 Å². The third-order valence-electron chi connectivity index (χ3n) is 28.2. The highest BCUT2D eigenvalue weighted by atomic mass is 15.1. The van der Waals surface area contributed by atoms with Gasteiger partial charge < -0.3 is 13.7 Å². The van der Waals surface area contributed by atoms with Crippen LogP contribution in [0.1, 0.15) is 144 Å². The Morgan fingerprint density at radius 2 is 0.429 bits per heavy atom. The molecule has 140 heavy (non-hydrogen) atoms. The van der Waals surface area contributed by atoms with Gasteiger partial charge in [0, 0.05) is 81.3 Å². The van der Waals surface area contributed by atoms with Gasteiger partial charge in [-0.1, -0.05) is 275 Å². The molecule has 24 rings (SSSR count). The molecule has 9 heterocycles. The fourth-order valence-electron chi connectivity index (χ4n) is 20.9. The summed E-state index contributed by atoms with van der Waals surface area (Å²) in [5.41, 5.74) is 34.4. The summed E-state index contributed by atoms with van der Waals surface area (Å²) in [7, 11) is 0. The Balaban J connectivity index is 0.000000121. The first-order chi connectivity index (χ1) is 67.4. The zero-order valence-electron chi connectivity index (χ0n) is 81.9. The van der Waals surface area contributed by atoms with E-state index in [0.717, 1.165) is 134 Å². The van der Waals surface area contributed by atoms with Crippen molar-refractivity contribution in [3.8, 4) is 86.1 Å². The summed E-state index contributed by atoms with van der Waals surface area (Å²) >= 11 is 0. The van der Waals surface area contributed by atoms with Gasteiger partial charge in [-0.2, -0.15) is 15.8 Å². The number of hydrogen-bond donors (Lipinski definition) is 0. The molecule has 0 N–H and O–H groups in total. The largest absolute Gasteiger partial charge is 0.307 e. The van der Waals surface area contributed by atoms with Crippen LogP contribution < -0.4 is 0 Å². The first-order valence-corrected chi connectivity index (χ1v) is 48.2. The minimum atomic E-state index is -0.00994. The quantitative estimate of drug-likeness (QED) is 0.141. The fraction of sp³-hybridized carbons (Fsp3) is 0.156. The smallest absolute Gasteiger partial charge is 0.138 e. The Bertz CT molecular complexity index is 9280. The van der Waals surface area contributed by atoms with Crippen molar-refractivity contribution in [2.75, 3.05) is 0 Å². The van der Waals surface area contributed by atoms with E-state index in [-0.39, 0.29) is 21.7 Å². The van der Waals surface area contributed by atoms with Crippen molar-refractivity contribution in [2.24, 2.45) is 0 Å². The van der Waals surface area contributed by atoms with Crippen LogP contribution in [0.25, 0.3) is 199 Å². The van der Waals surface area contributed by atoms with E-state index in [1.807, 2.05) is 73.2 Å². The van der Waals surface area contributed by atoms with Gasteiger partial charge in [-0.05, 0) is 252 Å². The SMILES string of the molecule is CC(C)(C)c1ccc2c(c1)c1ccccc1n2-c1cc(-c2cccc(C#N)c2)c(-n2c3ccccc3c3cc(C(C)(C)C)ccc32)cn1.CC(C)(C)c1ccc2c3ccccc3n(-c3cc(-c4cccc(C#N)c4)c(-n4c5ccccc5c5ccc(C(C)(C)C)cc54)cn3)c2c1.Cc1ccc2c(c1)c1cc(C)ccc1n2-c1cc(-c2cccc(C#N)c2)c(-n2c3ccc(C)cc3c3cc(C)ccc32)cn1. The molecule has 0 saturated heterocycles. The van der Waals surface area contributed by atoms with Crippen molar-refractivity contribution in [1.29, 1.82) is 15.8 Å². The van der Waals surface area contributed by atoms with Gasteiger partial charge in [-0.15, -0.1) is 0 Å². The van der Waals surface area contributed by atoms with Gasteiger partial charge in [0.15, 0.2) is 0 Å². The zero-order chi connectivity index (χ0) is 96.9. The number of fused-ring (bicyclic) bond motifs is 18. The topological polar surface area (TPSA) is 140 Å². The summed E-state index contributed by atoms with van der Waals surface area (Å²) < 4.78 is 13.9. The lowest BCUT2D eigenvalue weighted by atomic mass is 9.86. The van der Waals surface area contributed by atoms with Gasteiger partial charge in [0.05, 0.1) is 137 Å². The number of nitrogens with zero attached hydrogens (tertiary/aromatic N) is 12. The monoisotopic (exact) mass is 1810 g/mol. The van der Waals surface area contributed by atoms with Gasteiger partial charge in [-0.25, -0.2) is 15.0 Å². The fourth-order valence-corrected chi connectivity index (χ4v) is 20.9. The molecule has 12 nitrogen and oxygen atoms in total. The summed E-state index contributed by atoms with van der Waals surface area (Å²) in [5, 5.41) is 44.1. The Kier molecular flexibility index (Phi) is 21.3. The maximum atomic E-state index is 9.91. The molecule has 9 aromatic heterocycles. The second-order valence-corrected chi connectivity index (χ2v) is 41.8. The molecule has 24 aromatic rings. The first-order valence-electron chi connectivity index (χ1n) is 48.2. The third kappa shape index (κ3) is 15.3. The molecule has 0 spiro atoms. The number of aromatic nitrogens is 9. The van der Waals surface area contributed by atoms with Crippen molar-refractivity contribution < 1.29 is 0 Å². The van der Waals surface area contributed by atoms with E-state index in [4.69, 9.17) is 15.0 Å². The molecule has 12 heteroatoms. The number of benzene rings is 15. The van der Waals surface area contributed by atoms with Gasteiger partial charge in [0.2, 0.25) is 0 Å². The maximum Gasteiger partial charge on any atom is 0.138 e. The summed E-state index contributed by atoms with van der Waals surface area (Å²) in [5.74, 6) is 2.51. The average molecular weight is 1810 g/mol. The van der Waals surface area contributed by atoms with Crippen LogP contribution in [-0.4, -0.2) is 42.4 Å². The molecule has 0 unspecified atom stereocenters. The maximum absolute atomic E-state index is 9.91. The van der Waals surface area contributed by atoms with Crippen molar-refractivity contribution >= 4 is 131 Å². The van der Waals surface area contributed by atoms with Crippen molar-refractivity contribution in [3.63, 3.8) is 0 Å². The van der Waals surface area contributed by atoms with Gasteiger partial charge >= 0.3 is 0 Å². The Morgan fingerprint density at radius 1 is 0.200 bits per heavy atom. The highest BCUT2D eigenvalue weighted by molar-refractivity contribution is 6.16. The van der Waals surface area contributed by atoms with Crippen LogP contribution in [0.5, 0.6) is 0 Å². The Hall–Kier alpha value is -17.0. The molecule has 0 atom stereocenters. The number of para-hydroxylation sites is 4. The van der Waals surface area contributed by atoms with Crippen molar-refractivity contribution in [3.05, 3.63) is 413 Å². The van der Waals surface area contributed by atoms with Crippen LogP contribution in [0.15, 0.2) is 352 Å². The highest BCUT2D eigenvalue weighted by Crippen LogP contribution is 2.47. The van der Waals surface area contributed by atoms with Crippen molar-refractivity contribution in [2.45, 2.75) is 132 Å². The molecule has 0 bridgehead atoms. The molecular weight excluding hydrogens is 1710 g/mol. The Morgan fingerprint density at radius 3 is 0.736 bits per heavy atom. The number of rotatable bonds is 9. The van der Waals surface area contributed by atoms with Gasteiger partial charge in [-0.3, -0.25) is 13.7 Å². The van der Waals surface area contributed by atoms with Crippen LogP contribution in [-0.2, 0) is 21.7 Å². The minimum absolute atomic E-state index is 0.00189. The lowest BCUT2D eigenvalue weighted by Crippen LogP contribution is -2.11. The number of pyridine rings is 3. The number of hydrogen-bond acceptors (Lipinski definition) is 6. The second-order valence-electron chi connectivity index (χ2n) is 41.8. The van der Waals surface area contributed by atoms with E-state index in [1.165, 1.54) is 109 Å². The van der Waals surface area contributed by atoms with Crippen LogP contribution in [0.4, 0.5) is 0 Å². The standard InChI is InChI=1S/2C44H38N4.C40H30N4/c1-43(2,3)30-18-20-39-35(23-30)32-14-7-9-16-37(32)47(39)41-27-46-42(25-34(41)29-13-11-12-28(22-29)26-45)48-38-17-10-8-15-33(38)36-24-31(44(4,5)6)19-21-40(36)48;1-43(2,3)30-18-20-34-32-14-7-9-16-37(32)47(39(34)23-30)41-27-46-42(25-36(41)29-13-11-12-28(22-29)26-45)48-38-17-10-8-15-33(38)35-21-19-31(24-40(35)48)44(4,5)6;1-24-8-12-35-31(16-24)32-17-25(2)9-13-36(32)43(35)39-23-42-40(21-30(39)29-7-5-6-28(20-29)22-41)44-37-14-10-26(3)18-33(37)34-19-27(4)11-15-38(34)44/h2*7-25,27H,1-6H3;5-21,23H,1-4H3. The highest BCUT2D eigenvalue weighted by Gasteiger charge is 2.29. The molecule has 0 saturated carbocycles. The normalized spacial score (nSPS) is 12.1. The lowest BCUT2D eigenvalue weighted by Gasteiger charge is -2.21.